The third-order valence-electron chi connectivity index (χ3n) is 5.84. The highest BCUT2D eigenvalue weighted by atomic mass is 19.4. The zero-order chi connectivity index (χ0) is 22.4. The quantitative estimate of drug-likeness (QED) is 0.676. The highest BCUT2D eigenvalue weighted by Crippen LogP contribution is 2.43. The topological polar surface area (TPSA) is 80.6 Å². The van der Waals surface area contributed by atoms with Gasteiger partial charge >= 0.3 is 6.18 Å². The number of anilines is 2. The van der Waals surface area contributed by atoms with Gasteiger partial charge in [0.1, 0.15) is 5.82 Å². The van der Waals surface area contributed by atoms with Crippen LogP contribution in [-0.2, 0) is 11.3 Å². The van der Waals surface area contributed by atoms with E-state index in [1.54, 1.807) is 0 Å². The fourth-order valence-electron chi connectivity index (χ4n) is 3.92. The number of hydrogen-bond donors (Lipinski definition) is 0. The van der Waals surface area contributed by atoms with Gasteiger partial charge in [0.2, 0.25) is 5.95 Å². The summed E-state index contributed by atoms with van der Waals surface area (Å²) in [5, 5.41) is 0. The van der Waals surface area contributed by atoms with Gasteiger partial charge in [0.05, 0.1) is 32.3 Å². The van der Waals surface area contributed by atoms with Crippen molar-refractivity contribution in [3.8, 4) is 0 Å². The predicted octanol–water partition coefficient (Wildman–Crippen LogP) is 1.89. The fraction of sp³-hybridized carbons (Fsp3) is 0.500. The van der Waals surface area contributed by atoms with Crippen LogP contribution in [0.1, 0.15) is 24.2 Å². The molecule has 2 aliphatic heterocycles. The number of ketones is 1. The van der Waals surface area contributed by atoms with Gasteiger partial charge in [-0.15, -0.1) is 0 Å². The third-order valence-corrected chi connectivity index (χ3v) is 5.84. The van der Waals surface area contributed by atoms with Crippen molar-refractivity contribution in [2.45, 2.75) is 38.1 Å². The molecule has 4 rings (SSSR count). The first-order chi connectivity index (χ1) is 14.6. The lowest BCUT2D eigenvalue weighted by molar-refractivity contribution is -0.181. The minimum atomic E-state index is -4.70. The molecule has 0 aliphatic carbocycles. The van der Waals surface area contributed by atoms with E-state index in [1.807, 2.05) is 11.8 Å². The number of alkyl halides is 3. The number of carbonyl (C=O) groups is 1. The summed E-state index contributed by atoms with van der Waals surface area (Å²) in [5.41, 5.74) is -2.87. The maximum absolute atomic E-state index is 14.1. The Balaban J connectivity index is 1.78. The molecular weight excluding hydrogens is 415 g/mol. The summed E-state index contributed by atoms with van der Waals surface area (Å²) in [6.45, 7) is 2.94. The van der Waals surface area contributed by atoms with Crippen molar-refractivity contribution in [3.05, 3.63) is 46.5 Å². The number of aromatic nitrogens is 3. The molecule has 8 nitrogen and oxygen atoms in total. The largest absolute Gasteiger partial charge is 0.413 e. The fourth-order valence-corrected chi connectivity index (χ4v) is 3.92. The van der Waals surface area contributed by atoms with E-state index in [0.717, 1.165) is 16.4 Å². The molecule has 0 N–H and O–H groups in total. The van der Waals surface area contributed by atoms with Gasteiger partial charge in [0, 0.05) is 30.6 Å². The molecule has 0 radical (unpaired) electrons. The minimum absolute atomic E-state index is 0.0930. The maximum Gasteiger partial charge on any atom is 0.413 e. The molecule has 2 aromatic heterocycles. The van der Waals surface area contributed by atoms with E-state index in [0.29, 0.717) is 19.8 Å². The van der Waals surface area contributed by atoms with Gasteiger partial charge in [-0.2, -0.15) is 18.2 Å². The first kappa shape index (κ1) is 21.3. The van der Waals surface area contributed by atoms with Crippen molar-refractivity contribution in [1.82, 2.24) is 14.5 Å². The number of rotatable bonds is 4. The lowest BCUT2D eigenvalue weighted by atomic mass is 10.00. The number of morpholine rings is 1. The average molecular weight is 437 g/mol. The van der Waals surface area contributed by atoms with E-state index >= 15 is 0 Å². The van der Waals surface area contributed by atoms with Crippen LogP contribution in [0.2, 0.25) is 0 Å². The van der Waals surface area contributed by atoms with Gasteiger partial charge in [-0.1, -0.05) is 0 Å². The number of carbonyl (C=O) groups excluding carboxylic acids is 1. The highest BCUT2D eigenvalue weighted by molar-refractivity contribution is 5.99. The summed E-state index contributed by atoms with van der Waals surface area (Å²) in [6, 6.07) is 4.18. The summed E-state index contributed by atoms with van der Waals surface area (Å²) >= 11 is 0. The van der Waals surface area contributed by atoms with Crippen molar-refractivity contribution in [1.29, 1.82) is 0 Å². The van der Waals surface area contributed by atoms with Crippen molar-refractivity contribution in [3.63, 3.8) is 0 Å². The van der Waals surface area contributed by atoms with E-state index in [2.05, 4.69) is 9.97 Å². The zero-order valence-electron chi connectivity index (χ0n) is 17.1. The average Bonchev–Trinajstić information content (AvgIpc) is 3.02. The lowest BCUT2D eigenvalue weighted by Gasteiger charge is -2.37. The van der Waals surface area contributed by atoms with Crippen LogP contribution in [0.25, 0.3) is 0 Å². The summed E-state index contributed by atoms with van der Waals surface area (Å²) in [4.78, 5) is 36.5. The number of ether oxygens (including phenoxy) is 1. The van der Waals surface area contributed by atoms with Crippen LogP contribution in [-0.4, -0.2) is 64.4 Å². The molecular formula is C20H22F3N5O3. The molecule has 0 saturated carbocycles. The summed E-state index contributed by atoms with van der Waals surface area (Å²) < 4.78 is 48.8. The normalized spacial score (nSPS) is 23.7. The van der Waals surface area contributed by atoms with Gasteiger partial charge in [0.15, 0.2) is 11.3 Å². The molecule has 4 heterocycles. The second-order valence-electron chi connectivity index (χ2n) is 7.98. The Morgan fingerprint density at radius 1 is 1.39 bits per heavy atom. The Hall–Kier alpha value is -2.95. The van der Waals surface area contributed by atoms with E-state index in [-0.39, 0.29) is 23.4 Å². The number of pyridine rings is 1. The standard InChI is InChI=1S/C20H22F3N5O3/c1-13-11-31-7-6-26(13)16-8-17(30)27-12-19(2,20(21,22)23)28(18(27)25-16)10-15(29)14-4-3-5-24-9-14/h3-5,8-9,13H,6-7,10-12H2,1-2H3/t13-,19+/m1/s1. The summed E-state index contributed by atoms with van der Waals surface area (Å²) in [7, 11) is 0. The second-order valence-corrected chi connectivity index (χ2v) is 7.98. The summed E-state index contributed by atoms with van der Waals surface area (Å²) in [6.07, 6.45) is -1.93. The van der Waals surface area contributed by atoms with E-state index in [4.69, 9.17) is 4.74 Å². The van der Waals surface area contributed by atoms with Crippen LogP contribution in [0, 0.1) is 0 Å². The molecule has 1 fully saturated rings. The second kappa shape index (κ2) is 7.63. The van der Waals surface area contributed by atoms with Crippen LogP contribution in [0.4, 0.5) is 24.9 Å². The molecule has 2 aromatic rings. The number of nitrogens with zero attached hydrogens (tertiary/aromatic N) is 5. The van der Waals surface area contributed by atoms with Gasteiger partial charge in [0.25, 0.3) is 5.56 Å². The molecule has 1 saturated heterocycles. The zero-order valence-corrected chi connectivity index (χ0v) is 17.1. The number of fused-ring (bicyclic) bond motifs is 1. The van der Waals surface area contributed by atoms with Crippen molar-refractivity contribution in [2.75, 3.05) is 36.1 Å². The van der Waals surface area contributed by atoms with Gasteiger partial charge < -0.3 is 14.5 Å². The Morgan fingerprint density at radius 2 is 2.16 bits per heavy atom. The van der Waals surface area contributed by atoms with Gasteiger partial charge in [-0.25, -0.2) is 0 Å². The smallest absolute Gasteiger partial charge is 0.377 e. The molecule has 0 aromatic carbocycles. The molecule has 11 heteroatoms. The highest BCUT2D eigenvalue weighted by Gasteiger charge is 2.60. The molecule has 2 aliphatic rings. The molecule has 2 atom stereocenters. The first-order valence-electron chi connectivity index (χ1n) is 9.86. The third kappa shape index (κ3) is 3.67. The Bertz CT molecular complexity index is 1040. The molecule has 0 spiro atoms. The van der Waals surface area contributed by atoms with Gasteiger partial charge in [-0.05, 0) is 26.0 Å². The maximum atomic E-state index is 14.1. The Kier molecular flexibility index (Phi) is 5.24. The molecule has 0 bridgehead atoms. The molecule has 0 amide bonds. The van der Waals surface area contributed by atoms with Crippen LogP contribution in [0.3, 0.4) is 0 Å². The minimum Gasteiger partial charge on any atom is -0.377 e. The Labute approximate surface area is 176 Å². The van der Waals surface area contributed by atoms with Crippen molar-refractivity contribution >= 4 is 17.5 Å². The monoisotopic (exact) mass is 437 g/mol. The van der Waals surface area contributed by atoms with Crippen molar-refractivity contribution in [2.24, 2.45) is 0 Å². The van der Waals surface area contributed by atoms with Crippen LogP contribution in [0.15, 0.2) is 35.4 Å². The van der Waals surface area contributed by atoms with Crippen LogP contribution < -0.4 is 15.4 Å². The number of hydrogen-bond acceptors (Lipinski definition) is 7. The van der Waals surface area contributed by atoms with E-state index in [1.165, 1.54) is 30.6 Å². The number of Topliss-reactive ketones (excluding diaryl/α,β-unsaturated/α-hetero) is 1. The van der Waals surface area contributed by atoms with E-state index in [9.17, 15) is 22.8 Å². The molecule has 31 heavy (non-hydrogen) atoms. The predicted molar refractivity (Wildman–Crippen MR) is 106 cm³/mol. The Morgan fingerprint density at radius 3 is 2.81 bits per heavy atom. The molecule has 166 valence electrons. The van der Waals surface area contributed by atoms with Crippen LogP contribution >= 0.6 is 0 Å². The molecule has 0 unspecified atom stereocenters. The van der Waals surface area contributed by atoms with Crippen LogP contribution in [0.5, 0.6) is 0 Å². The van der Waals surface area contributed by atoms with E-state index < -0.39 is 36.1 Å². The first-order valence-corrected chi connectivity index (χ1v) is 9.86. The summed E-state index contributed by atoms with van der Waals surface area (Å²) in [5.74, 6) is -0.438. The van der Waals surface area contributed by atoms with Gasteiger partial charge in [-0.3, -0.25) is 19.1 Å². The SMILES string of the molecule is C[C@@H]1COCCN1c1cc(=O)n2c(n1)N(CC(=O)c1cccnc1)[C@](C)(C(F)(F)F)C2. The lowest BCUT2D eigenvalue weighted by Crippen LogP contribution is -2.57. The number of halogens is 3. The van der Waals surface area contributed by atoms with Crippen molar-refractivity contribution < 1.29 is 22.7 Å².